The average molecular weight is 358 g/mol. The molecule has 0 N–H and O–H groups in total. The van der Waals surface area contributed by atoms with Crippen molar-refractivity contribution in [3.05, 3.63) is 77.0 Å². The van der Waals surface area contributed by atoms with Crippen LogP contribution >= 0.6 is 11.6 Å². The second-order valence-corrected chi connectivity index (χ2v) is 5.89. The number of hydrogen-bond donors (Lipinski definition) is 0. The van der Waals surface area contributed by atoms with Gasteiger partial charge in [0, 0.05) is 25.4 Å². The number of hydrogen-bond acceptors (Lipinski definition) is 2. The van der Waals surface area contributed by atoms with E-state index in [9.17, 15) is 9.18 Å². The van der Waals surface area contributed by atoms with Crippen molar-refractivity contribution < 1.29 is 9.18 Å². The molecular weight excluding hydrogens is 341 g/mol. The summed E-state index contributed by atoms with van der Waals surface area (Å²) in [5.74, 6) is -0.484. The molecule has 6 heteroatoms. The number of fused-ring (bicyclic) bond motifs is 1. The fourth-order valence-corrected chi connectivity index (χ4v) is 2.83. The van der Waals surface area contributed by atoms with Gasteiger partial charge in [0.05, 0.1) is 5.69 Å². The summed E-state index contributed by atoms with van der Waals surface area (Å²) in [6.45, 7) is 2.74. The van der Waals surface area contributed by atoms with Crippen molar-refractivity contribution >= 4 is 29.2 Å². The van der Waals surface area contributed by atoms with Gasteiger partial charge in [0.1, 0.15) is 11.5 Å². The number of amides is 1. The third-order valence-corrected chi connectivity index (χ3v) is 4.14. The molecule has 0 bridgehead atoms. The minimum Gasteiger partial charge on any atom is -0.335 e. The molecule has 0 fully saturated rings. The van der Waals surface area contributed by atoms with Gasteiger partial charge in [0.25, 0.3) is 0 Å². The van der Waals surface area contributed by atoms with Crippen molar-refractivity contribution in [1.29, 1.82) is 0 Å². The molecule has 0 atom stereocenters. The van der Waals surface area contributed by atoms with Crippen LogP contribution in [0.15, 0.2) is 54.7 Å². The first-order valence-electron chi connectivity index (χ1n) is 7.92. The number of benzene rings is 1. The van der Waals surface area contributed by atoms with Crippen molar-refractivity contribution in [3.8, 4) is 0 Å². The van der Waals surface area contributed by atoms with Gasteiger partial charge < -0.3 is 4.90 Å². The Morgan fingerprint density at radius 2 is 2.16 bits per heavy atom. The van der Waals surface area contributed by atoms with E-state index in [-0.39, 0.29) is 11.7 Å². The first kappa shape index (κ1) is 17.2. The SMILES string of the molecule is CCN(Cc1cccc(F)c1)C(=O)/C=C/c1c(Cl)nc2ccccn12. The summed E-state index contributed by atoms with van der Waals surface area (Å²) in [5, 5.41) is 0.337. The smallest absolute Gasteiger partial charge is 0.246 e. The first-order valence-corrected chi connectivity index (χ1v) is 8.30. The number of imidazole rings is 1. The predicted molar refractivity (Wildman–Crippen MR) is 96.7 cm³/mol. The lowest BCUT2D eigenvalue weighted by atomic mass is 10.2. The maximum absolute atomic E-state index is 13.3. The highest BCUT2D eigenvalue weighted by Crippen LogP contribution is 2.19. The van der Waals surface area contributed by atoms with E-state index in [1.165, 1.54) is 18.2 Å². The summed E-state index contributed by atoms with van der Waals surface area (Å²) in [6.07, 6.45) is 4.95. The Morgan fingerprint density at radius 3 is 2.92 bits per heavy atom. The number of pyridine rings is 1. The molecule has 2 heterocycles. The average Bonchev–Trinajstić information content (AvgIpc) is 2.93. The molecule has 25 heavy (non-hydrogen) atoms. The van der Waals surface area contributed by atoms with Gasteiger partial charge in [0.15, 0.2) is 5.15 Å². The molecule has 0 aliphatic heterocycles. The van der Waals surface area contributed by atoms with Gasteiger partial charge in [-0.05, 0) is 42.8 Å². The molecule has 128 valence electrons. The van der Waals surface area contributed by atoms with E-state index in [1.807, 2.05) is 35.7 Å². The molecule has 0 unspecified atom stereocenters. The molecule has 3 rings (SSSR count). The van der Waals surface area contributed by atoms with E-state index in [4.69, 9.17) is 11.6 Å². The van der Waals surface area contributed by atoms with Crippen LogP contribution < -0.4 is 0 Å². The van der Waals surface area contributed by atoms with Gasteiger partial charge in [-0.2, -0.15) is 0 Å². The van der Waals surface area contributed by atoms with Gasteiger partial charge in [0.2, 0.25) is 5.91 Å². The highest BCUT2D eigenvalue weighted by atomic mass is 35.5. The van der Waals surface area contributed by atoms with Crippen LogP contribution in [0.1, 0.15) is 18.2 Å². The summed E-state index contributed by atoms with van der Waals surface area (Å²) in [6, 6.07) is 11.8. The van der Waals surface area contributed by atoms with E-state index < -0.39 is 0 Å². The summed E-state index contributed by atoms with van der Waals surface area (Å²) in [4.78, 5) is 18.4. The maximum atomic E-state index is 13.3. The van der Waals surface area contributed by atoms with Crippen molar-refractivity contribution in [2.45, 2.75) is 13.5 Å². The van der Waals surface area contributed by atoms with E-state index in [0.717, 1.165) is 5.56 Å². The van der Waals surface area contributed by atoms with Crippen molar-refractivity contribution in [2.24, 2.45) is 0 Å². The Labute approximate surface area is 150 Å². The largest absolute Gasteiger partial charge is 0.335 e. The fraction of sp³-hybridized carbons (Fsp3) is 0.158. The summed E-state index contributed by atoms with van der Waals surface area (Å²) in [7, 11) is 0. The summed E-state index contributed by atoms with van der Waals surface area (Å²) < 4.78 is 15.1. The maximum Gasteiger partial charge on any atom is 0.246 e. The lowest BCUT2D eigenvalue weighted by molar-refractivity contribution is -0.126. The first-order chi connectivity index (χ1) is 12.1. The van der Waals surface area contributed by atoms with E-state index in [0.29, 0.717) is 29.6 Å². The predicted octanol–water partition coefficient (Wildman–Crippen LogP) is 4.19. The van der Waals surface area contributed by atoms with Gasteiger partial charge in [-0.3, -0.25) is 9.20 Å². The van der Waals surface area contributed by atoms with E-state index in [1.54, 1.807) is 23.1 Å². The number of likely N-dealkylation sites (N-methyl/N-ethyl adjacent to an activating group) is 1. The number of halogens is 2. The molecule has 1 amide bonds. The Hall–Kier alpha value is -2.66. The highest BCUT2D eigenvalue weighted by Gasteiger charge is 2.11. The zero-order chi connectivity index (χ0) is 17.8. The van der Waals surface area contributed by atoms with E-state index >= 15 is 0 Å². The van der Waals surface area contributed by atoms with Crippen molar-refractivity contribution in [1.82, 2.24) is 14.3 Å². The van der Waals surface area contributed by atoms with Crippen LogP contribution in [-0.4, -0.2) is 26.7 Å². The number of nitrogens with zero attached hydrogens (tertiary/aromatic N) is 3. The summed E-state index contributed by atoms with van der Waals surface area (Å²) in [5.41, 5.74) is 2.11. The molecule has 2 aromatic heterocycles. The number of carbonyl (C=O) groups is 1. The minimum atomic E-state index is -0.311. The number of rotatable bonds is 5. The fourth-order valence-electron chi connectivity index (χ4n) is 2.59. The highest BCUT2D eigenvalue weighted by molar-refractivity contribution is 6.31. The van der Waals surface area contributed by atoms with Gasteiger partial charge in [-0.1, -0.05) is 29.8 Å². The zero-order valence-corrected chi connectivity index (χ0v) is 14.4. The second kappa shape index (κ2) is 7.49. The van der Waals surface area contributed by atoms with Crippen molar-refractivity contribution in [2.75, 3.05) is 6.54 Å². The van der Waals surface area contributed by atoms with Crippen LogP contribution in [-0.2, 0) is 11.3 Å². The van der Waals surface area contributed by atoms with Crippen molar-refractivity contribution in [3.63, 3.8) is 0 Å². The van der Waals surface area contributed by atoms with Crippen LogP contribution in [0.3, 0.4) is 0 Å². The monoisotopic (exact) mass is 357 g/mol. The normalized spacial score (nSPS) is 11.3. The van der Waals surface area contributed by atoms with Gasteiger partial charge >= 0.3 is 0 Å². The van der Waals surface area contributed by atoms with Gasteiger partial charge in [-0.15, -0.1) is 0 Å². The minimum absolute atomic E-state index is 0.172. The lowest BCUT2D eigenvalue weighted by Gasteiger charge is -2.19. The topological polar surface area (TPSA) is 37.6 Å². The molecule has 0 aliphatic carbocycles. The Kier molecular flexibility index (Phi) is 5.14. The third kappa shape index (κ3) is 3.88. The van der Waals surface area contributed by atoms with Crippen LogP contribution in [0.4, 0.5) is 4.39 Å². The number of carbonyl (C=O) groups excluding carboxylic acids is 1. The number of aromatic nitrogens is 2. The third-order valence-electron chi connectivity index (χ3n) is 3.86. The molecule has 0 spiro atoms. The van der Waals surface area contributed by atoms with E-state index in [2.05, 4.69) is 4.98 Å². The molecule has 0 radical (unpaired) electrons. The molecule has 3 aromatic rings. The second-order valence-electron chi connectivity index (χ2n) is 5.53. The van der Waals surface area contributed by atoms with Crippen LogP contribution in [0.2, 0.25) is 5.15 Å². The quantitative estimate of drug-likeness (QED) is 0.642. The molecule has 4 nitrogen and oxygen atoms in total. The summed E-state index contributed by atoms with van der Waals surface area (Å²) >= 11 is 6.16. The lowest BCUT2D eigenvalue weighted by Crippen LogP contribution is -2.28. The standard InChI is InChI=1S/C19H17ClFN3O/c1-2-23(13-14-6-5-7-15(21)12-14)18(25)10-9-16-19(20)22-17-8-3-4-11-24(16)17/h3-12H,2,13H2,1H3/b10-9+. The molecule has 1 aromatic carbocycles. The molecule has 0 saturated carbocycles. The zero-order valence-electron chi connectivity index (χ0n) is 13.7. The van der Waals surface area contributed by atoms with Crippen LogP contribution in [0.25, 0.3) is 11.7 Å². The Balaban J connectivity index is 1.79. The van der Waals surface area contributed by atoms with Crippen LogP contribution in [0.5, 0.6) is 0 Å². The van der Waals surface area contributed by atoms with Gasteiger partial charge in [-0.25, -0.2) is 9.37 Å². The van der Waals surface area contributed by atoms with Crippen LogP contribution in [0, 0.1) is 5.82 Å². The molecule has 0 aliphatic rings. The molecular formula is C19H17ClFN3O. The molecule has 0 saturated heterocycles. The Bertz CT molecular complexity index is 935. The Morgan fingerprint density at radius 1 is 1.32 bits per heavy atom.